The molecule has 0 aliphatic carbocycles. The Balaban J connectivity index is 1.65. The van der Waals surface area contributed by atoms with Gasteiger partial charge in [-0.3, -0.25) is 4.79 Å². The van der Waals surface area contributed by atoms with Gasteiger partial charge >= 0.3 is 0 Å². The predicted molar refractivity (Wildman–Crippen MR) is 75.4 cm³/mol. The van der Waals surface area contributed by atoms with Crippen molar-refractivity contribution < 1.29 is 23.7 Å². The Morgan fingerprint density at radius 2 is 1.95 bits per heavy atom. The maximum atomic E-state index is 12.1. The van der Waals surface area contributed by atoms with Crippen molar-refractivity contribution in [2.24, 2.45) is 0 Å². The molecule has 0 aromatic heterocycles. The third-order valence-electron chi connectivity index (χ3n) is 3.11. The molecular weight excluding hydrogens is 272 g/mol. The second-order valence-corrected chi connectivity index (χ2v) is 4.46. The van der Waals surface area contributed by atoms with Crippen LogP contribution >= 0.6 is 0 Å². The first-order chi connectivity index (χ1) is 10.3. The highest BCUT2D eigenvalue weighted by atomic mass is 16.7. The highest BCUT2D eigenvalue weighted by molar-refractivity contribution is 5.97. The lowest BCUT2D eigenvalue weighted by molar-refractivity contribution is 0.0921. The minimum Gasteiger partial charge on any atom is -0.497 e. The van der Waals surface area contributed by atoms with Gasteiger partial charge in [0.15, 0.2) is 23.9 Å². The third-order valence-corrected chi connectivity index (χ3v) is 3.11. The molecule has 2 aromatic carbocycles. The standard InChI is InChI=1S/C16H14O5/c1-18-12-4-2-3-11(7-12)14(17)9-19-13-5-6-15-16(8-13)21-10-20-15/h2-8H,9-10H2,1H3. The summed E-state index contributed by atoms with van der Waals surface area (Å²) in [5.74, 6) is 2.40. The zero-order valence-corrected chi connectivity index (χ0v) is 11.5. The summed E-state index contributed by atoms with van der Waals surface area (Å²) < 4.78 is 21.1. The molecule has 0 saturated carbocycles. The number of rotatable bonds is 5. The highest BCUT2D eigenvalue weighted by Crippen LogP contribution is 2.35. The number of methoxy groups -OCH3 is 1. The Hall–Kier alpha value is -2.69. The zero-order valence-electron chi connectivity index (χ0n) is 11.5. The van der Waals surface area contributed by atoms with Crippen molar-refractivity contribution in [2.45, 2.75) is 0 Å². The Morgan fingerprint density at radius 3 is 2.81 bits per heavy atom. The average Bonchev–Trinajstić information content (AvgIpc) is 3.00. The number of ether oxygens (including phenoxy) is 4. The molecule has 0 radical (unpaired) electrons. The van der Waals surface area contributed by atoms with Gasteiger partial charge in [0, 0.05) is 11.6 Å². The van der Waals surface area contributed by atoms with E-state index in [4.69, 9.17) is 18.9 Å². The first-order valence-corrected chi connectivity index (χ1v) is 6.46. The van der Waals surface area contributed by atoms with E-state index in [-0.39, 0.29) is 19.2 Å². The maximum absolute atomic E-state index is 12.1. The molecule has 1 heterocycles. The normalized spacial score (nSPS) is 12.0. The highest BCUT2D eigenvalue weighted by Gasteiger charge is 2.14. The molecule has 5 heteroatoms. The quantitative estimate of drug-likeness (QED) is 0.791. The molecule has 0 saturated heterocycles. The van der Waals surface area contributed by atoms with E-state index in [1.54, 1.807) is 49.6 Å². The van der Waals surface area contributed by atoms with E-state index in [1.807, 2.05) is 0 Å². The van der Waals surface area contributed by atoms with Crippen molar-refractivity contribution in [3.63, 3.8) is 0 Å². The van der Waals surface area contributed by atoms with Crippen LogP contribution in [-0.4, -0.2) is 26.3 Å². The van der Waals surface area contributed by atoms with Crippen LogP contribution < -0.4 is 18.9 Å². The summed E-state index contributed by atoms with van der Waals surface area (Å²) in [5, 5.41) is 0. The summed E-state index contributed by atoms with van der Waals surface area (Å²) in [6.45, 7) is 0.161. The van der Waals surface area contributed by atoms with E-state index < -0.39 is 0 Å². The SMILES string of the molecule is COc1cccc(C(=O)COc2ccc3c(c2)OCO3)c1. The largest absolute Gasteiger partial charge is 0.497 e. The Kier molecular flexibility index (Phi) is 3.64. The lowest BCUT2D eigenvalue weighted by Crippen LogP contribution is -2.11. The fourth-order valence-electron chi connectivity index (χ4n) is 2.00. The van der Waals surface area contributed by atoms with E-state index >= 15 is 0 Å². The fourth-order valence-corrected chi connectivity index (χ4v) is 2.00. The van der Waals surface area contributed by atoms with Crippen LogP contribution in [0.3, 0.4) is 0 Å². The van der Waals surface area contributed by atoms with Crippen molar-refractivity contribution in [1.29, 1.82) is 0 Å². The number of fused-ring (bicyclic) bond motifs is 1. The van der Waals surface area contributed by atoms with Crippen LogP contribution in [0.25, 0.3) is 0 Å². The lowest BCUT2D eigenvalue weighted by Gasteiger charge is -2.07. The van der Waals surface area contributed by atoms with E-state index in [1.165, 1.54) is 0 Å². The van der Waals surface area contributed by atoms with Gasteiger partial charge in [0.05, 0.1) is 7.11 Å². The molecule has 0 N–H and O–H groups in total. The minimum atomic E-state index is -0.119. The van der Waals surface area contributed by atoms with Crippen LogP contribution in [0, 0.1) is 0 Å². The Labute approximate surface area is 122 Å². The van der Waals surface area contributed by atoms with Gasteiger partial charge in [0.1, 0.15) is 11.5 Å². The lowest BCUT2D eigenvalue weighted by atomic mass is 10.1. The Bertz CT molecular complexity index is 665. The van der Waals surface area contributed by atoms with Crippen LogP contribution in [0.5, 0.6) is 23.0 Å². The van der Waals surface area contributed by atoms with Crippen molar-refractivity contribution >= 4 is 5.78 Å². The fraction of sp³-hybridized carbons (Fsp3) is 0.188. The van der Waals surface area contributed by atoms with Crippen molar-refractivity contribution in [2.75, 3.05) is 20.5 Å². The van der Waals surface area contributed by atoms with Gasteiger partial charge in [-0.05, 0) is 24.3 Å². The molecule has 0 fully saturated rings. The third kappa shape index (κ3) is 2.91. The van der Waals surface area contributed by atoms with Gasteiger partial charge in [-0.15, -0.1) is 0 Å². The molecule has 1 aliphatic rings. The van der Waals surface area contributed by atoms with Crippen molar-refractivity contribution in [3.05, 3.63) is 48.0 Å². The number of carbonyl (C=O) groups is 1. The van der Waals surface area contributed by atoms with Crippen molar-refractivity contribution in [3.8, 4) is 23.0 Å². The summed E-state index contributed by atoms with van der Waals surface area (Å²) >= 11 is 0. The monoisotopic (exact) mass is 286 g/mol. The number of hydrogen-bond acceptors (Lipinski definition) is 5. The second kappa shape index (κ2) is 5.75. The molecule has 0 bridgehead atoms. The second-order valence-electron chi connectivity index (χ2n) is 4.46. The van der Waals surface area contributed by atoms with Gasteiger partial charge in [-0.1, -0.05) is 12.1 Å². The molecule has 108 valence electrons. The maximum Gasteiger partial charge on any atom is 0.231 e. The van der Waals surface area contributed by atoms with Gasteiger partial charge in [-0.25, -0.2) is 0 Å². The minimum absolute atomic E-state index is 0.0488. The number of benzene rings is 2. The zero-order chi connectivity index (χ0) is 14.7. The first kappa shape index (κ1) is 13.3. The molecule has 3 rings (SSSR count). The van der Waals surface area contributed by atoms with Crippen LogP contribution in [-0.2, 0) is 0 Å². The van der Waals surface area contributed by atoms with Crippen LogP contribution in [0.4, 0.5) is 0 Å². The molecule has 21 heavy (non-hydrogen) atoms. The first-order valence-electron chi connectivity index (χ1n) is 6.46. The van der Waals surface area contributed by atoms with Crippen LogP contribution in [0.2, 0.25) is 0 Å². The molecule has 1 aliphatic heterocycles. The summed E-state index contributed by atoms with van der Waals surface area (Å²) in [7, 11) is 1.56. The summed E-state index contributed by atoms with van der Waals surface area (Å²) in [6, 6.07) is 12.2. The smallest absolute Gasteiger partial charge is 0.231 e. The van der Waals surface area contributed by atoms with Gasteiger partial charge in [0.2, 0.25) is 6.79 Å². The molecule has 0 spiro atoms. The van der Waals surface area contributed by atoms with E-state index in [0.29, 0.717) is 28.6 Å². The van der Waals surface area contributed by atoms with Gasteiger partial charge in [0.25, 0.3) is 0 Å². The van der Waals surface area contributed by atoms with Crippen LogP contribution in [0.1, 0.15) is 10.4 Å². The average molecular weight is 286 g/mol. The number of Topliss-reactive ketones (excluding diaryl/α,β-unsaturated/α-hetero) is 1. The van der Waals surface area contributed by atoms with E-state index in [2.05, 4.69) is 0 Å². The molecule has 0 atom stereocenters. The molecule has 0 unspecified atom stereocenters. The molecule has 0 amide bonds. The number of hydrogen-bond donors (Lipinski definition) is 0. The summed E-state index contributed by atoms with van der Waals surface area (Å²) in [4.78, 5) is 12.1. The summed E-state index contributed by atoms with van der Waals surface area (Å²) in [5.41, 5.74) is 0.551. The summed E-state index contributed by atoms with van der Waals surface area (Å²) in [6.07, 6.45) is 0. The van der Waals surface area contributed by atoms with Crippen LogP contribution in [0.15, 0.2) is 42.5 Å². The Morgan fingerprint density at radius 1 is 1.10 bits per heavy atom. The number of carbonyl (C=O) groups excluding carboxylic acids is 1. The topological polar surface area (TPSA) is 54.0 Å². The number of ketones is 1. The van der Waals surface area contributed by atoms with E-state index in [0.717, 1.165) is 0 Å². The van der Waals surface area contributed by atoms with Gasteiger partial charge in [-0.2, -0.15) is 0 Å². The predicted octanol–water partition coefficient (Wildman–Crippen LogP) is 2.69. The van der Waals surface area contributed by atoms with E-state index in [9.17, 15) is 4.79 Å². The van der Waals surface area contributed by atoms with Gasteiger partial charge < -0.3 is 18.9 Å². The van der Waals surface area contributed by atoms with Crippen molar-refractivity contribution in [1.82, 2.24) is 0 Å². The molecular formula is C16H14O5. The molecule has 5 nitrogen and oxygen atoms in total. The molecule has 2 aromatic rings.